The number of benzene rings is 2. The standard InChI is InChI=1S/C25H32FN3O3S/c26-24-8-4-3-7-21(24)19-28-17-13-20(14-18-28)25(30)27-22-9-11-23(12-10-22)33(31,32)29-15-5-1-2-6-16-29/h3-4,7-12,20H,1-2,5-6,13-19H2,(H,27,30). The Morgan fingerprint density at radius 2 is 1.55 bits per heavy atom. The Labute approximate surface area is 195 Å². The van der Waals surface area contributed by atoms with E-state index < -0.39 is 10.0 Å². The maximum absolute atomic E-state index is 13.9. The quantitative estimate of drug-likeness (QED) is 0.681. The maximum Gasteiger partial charge on any atom is 0.243 e. The van der Waals surface area contributed by atoms with E-state index in [0.29, 0.717) is 43.7 Å². The smallest absolute Gasteiger partial charge is 0.243 e. The molecule has 178 valence electrons. The molecule has 6 nitrogen and oxygen atoms in total. The topological polar surface area (TPSA) is 69.7 Å². The number of rotatable bonds is 6. The molecule has 8 heteroatoms. The lowest BCUT2D eigenvalue weighted by Crippen LogP contribution is -2.37. The fraction of sp³-hybridized carbons (Fsp3) is 0.480. The molecule has 2 saturated heterocycles. The molecule has 2 fully saturated rings. The number of anilines is 1. The first-order valence-electron chi connectivity index (χ1n) is 11.8. The molecule has 0 bridgehead atoms. The fourth-order valence-electron chi connectivity index (χ4n) is 4.61. The molecule has 0 radical (unpaired) electrons. The zero-order valence-corrected chi connectivity index (χ0v) is 19.7. The van der Waals surface area contributed by atoms with Crippen molar-refractivity contribution in [2.45, 2.75) is 50.0 Å². The van der Waals surface area contributed by atoms with Crippen LogP contribution < -0.4 is 5.32 Å². The van der Waals surface area contributed by atoms with Crippen LogP contribution in [0.5, 0.6) is 0 Å². The molecule has 0 aromatic heterocycles. The molecule has 0 atom stereocenters. The Morgan fingerprint density at radius 1 is 0.909 bits per heavy atom. The monoisotopic (exact) mass is 473 g/mol. The summed E-state index contributed by atoms with van der Waals surface area (Å²) in [7, 11) is -3.50. The second-order valence-corrected chi connectivity index (χ2v) is 10.9. The highest BCUT2D eigenvalue weighted by atomic mass is 32.2. The second-order valence-electron chi connectivity index (χ2n) is 8.97. The summed E-state index contributed by atoms with van der Waals surface area (Å²) in [5, 5.41) is 2.93. The predicted octanol–water partition coefficient (Wildman–Crippen LogP) is 4.24. The van der Waals surface area contributed by atoms with E-state index >= 15 is 0 Å². The number of sulfonamides is 1. The Kier molecular flexibility index (Phi) is 7.78. The van der Waals surface area contributed by atoms with Crippen molar-refractivity contribution in [3.05, 3.63) is 59.9 Å². The third-order valence-electron chi connectivity index (χ3n) is 6.63. The van der Waals surface area contributed by atoms with E-state index in [1.165, 1.54) is 6.07 Å². The fourth-order valence-corrected chi connectivity index (χ4v) is 6.12. The highest BCUT2D eigenvalue weighted by Crippen LogP contribution is 2.24. The van der Waals surface area contributed by atoms with E-state index in [1.807, 2.05) is 6.07 Å². The first-order valence-corrected chi connectivity index (χ1v) is 13.2. The van der Waals surface area contributed by atoms with Gasteiger partial charge >= 0.3 is 0 Å². The molecular formula is C25H32FN3O3S. The van der Waals surface area contributed by atoms with Crippen molar-refractivity contribution in [2.24, 2.45) is 5.92 Å². The van der Waals surface area contributed by atoms with Crippen LogP contribution in [0.3, 0.4) is 0 Å². The molecule has 1 amide bonds. The summed E-state index contributed by atoms with van der Waals surface area (Å²) in [6.07, 6.45) is 5.35. The number of carbonyl (C=O) groups excluding carboxylic acids is 1. The van der Waals surface area contributed by atoms with Gasteiger partial charge in [-0.2, -0.15) is 4.31 Å². The number of piperidine rings is 1. The van der Waals surface area contributed by atoms with E-state index in [-0.39, 0.29) is 22.5 Å². The first-order chi connectivity index (χ1) is 15.9. The summed E-state index contributed by atoms with van der Waals surface area (Å²) >= 11 is 0. The predicted molar refractivity (Wildman–Crippen MR) is 127 cm³/mol. The summed E-state index contributed by atoms with van der Waals surface area (Å²) in [5.74, 6) is -0.357. The van der Waals surface area contributed by atoms with Crippen LogP contribution in [0.15, 0.2) is 53.4 Å². The third kappa shape index (κ3) is 5.99. The molecule has 0 saturated carbocycles. The van der Waals surface area contributed by atoms with Gasteiger partial charge in [0, 0.05) is 36.8 Å². The van der Waals surface area contributed by atoms with Gasteiger partial charge in [0.05, 0.1) is 4.90 Å². The highest BCUT2D eigenvalue weighted by Gasteiger charge is 2.27. The largest absolute Gasteiger partial charge is 0.326 e. The molecule has 2 aliphatic heterocycles. The van der Waals surface area contributed by atoms with Gasteiger partial charge in [-0.25, -0.2) is 12.8 Å². The van der Waals surface area contributed by atoms with E-state index in [0.717, 1.165) is 38.8 Å². The lowest BCUT2D eigenvalue weighted by Gasteiger charge is -2.31. The highest BCUT2D eigenvalue weighted by molar-refractivity contribution is 7.89. The second kappa shape index (κ2) is 10.8. The van der Waals surface area contributed by atoms with E-state index in [1.54, 1.807) is 40.7 Å². The number of amides is 1. The zero-order chi connectivity index (χ0) is 23.3. The number of carbonyl (C=O) groups is 1. The SMILES string of the molecule is O=C(Nc1ccc(S(=O)(=O)N2CCCCCC2)cc1)C1CCN(Cc2ccccc2F)CC1. The summed E-state index contributed by atoms with van der Waals surface area (Å²) in [5.41, 5.74) is 1.28. The maximum atomic E-state index is 13.9. The number of halogens is 1. The number of hydrogen-bond acceptors (Lipinski definition) is 4. The molecule has 1 N–H and O–H groups in total. The molecule has 33 heavy (non-hydrogen) atoms. The average Bonchev–Trinajstić information content (AvgIpc) is 3.12. The number of hydrogen-bond donors (Lipinski definition) is 1. The summed E-state index contributed by atoms with van der Waals surface area (Å²) in [6, 6.07) is 13.3. The summed E-state index contributed by atoms with van der Waals surface area (Å²) in [6.45, 7) is 3.15. The number of nitrogens with zero attached hydrogens (tertiary/aromatic N) is 2. The van der Waals surface area contributed by atoms with Crippen molar-refractivity contribution >= 4 is 21.6 Å². The van der Waals surface area contributed by atoms with Gasteiger partial charge in [-0.05, 0) is 69.1 Å². The van der Waals surface area contributed by atoms with Gasteiger partial charge in [0.15, 0.2) is 0 Å². The molecular weight excluding hydrogens is 441 g/mol. The lowest BCUT2D eigenvalue weighted by molar-refractivity contribution is -0.121. The van der Waals surface area contributed by atoms with Gasteiger partial charge in [0.1, 0.15) is 5.82 Å². The van der Waals surface area contributed by atoms with E-state index in [9.17, 15) is 17.6 Å². The normalized spacial score (nSPS) is 19.2. The van der Waals surface area contributed by atoms with Crippen LogP contribution in [0, 0.1) is 11.7 Å². The van der Waals surface area contributed by atoms with Crippen LogP contribution >= 0.6 is 0 Å². The van der Waals surface area contributed by atoms with Crippen molar-refractivity contribution in [3.63, 3.8) is 0 Å². The number of nitrogens with one attached hydrogen (secondary N) is 1. The lowest BCUT2D eigenvalue weighted by atomic mass is 9.95. The van der Waals surface area contributed by atoms with Crippen LogP contribution in [-0.2, 0) is 21.4 Å². The molecule has 2 heterocycles. The van der Waals surface area contributed by atoms with Crippen LogP contribution in [0.4, 0.5) is 10.1 Å². The Morgan fingerprint density at radius 3 is 2.18 bits per heavy atom. The number of likely N-dealkylation sites (tertiary alicyclic amines) is 1. The summed E-state index contributed by atoms with van der Waals surface area (Å²) in [4.78, 5) is 15.2. The van der Waals surface area contributed by atoms with Gasteiger partial charge < -0.3 is 5.32 Å². The Balaban J connectivity index is 1.30. The summed E-state index contributed by atoms with van der Waals surface area (Å²) < 4.78 is 41.3. The van der Waals surface area contributed by atoms with Crippen molar-refractivity contribution in [3.8, 4) is 0 Å². The van der Waals surface area contributed by atoms with E-state index in [2.05, 4.69) is 10.2 Å². The van der Waals surface area contributed by atoms with Gasteiger partial charge in [-0.3, -0.25) is 9.69 Å². The molecule has 2 aromatic rings. The van der Waals surface area contributed by atoms with Crippen molar-refractivity contribution < 1.29 is 17.6 Å². The van der Waals surface area contributed by atoms with Crippen molar-refractivity contribution in [2.75, 3.05) is 31.5 Å². The van der Waals surface area contributed by atoms with Crippen molar-refractivity contribution in [1.29, 1.82) is 0 Å². The van der Waals surface area contributed by atoms with Crippen LogP contribution in [0.2, 0.25) is 0 Å². The first kappa shape index (κ1) is 23.9. The molecule has 0 spiro atoms. The molecule has 2 aliphatic rings. The third-order valence-corrected chi connectivity index (χ3v) is 8.55. The van der Waals surface area contributed by atoms with Crippen LogP contribution in [0.1, 0.15) is 44.1 Å². The minimum atomic E-state index is -3.50. The van der Waals surface area contributed by atoms with Gasteiger partial charge in [0.2, 0.25) is 15.9 Å². The van der Waals surface area contributed by atoms with Crippen LogP contribution in [-0.4, -0.2) is 49.7 Å². The molecule has 4 rings (SSSR count). The Bertz CT molecular complexity index is 1040. The molecule has 0 aliphatic carbocycles. The molecule has 2 aromatic carbocycles. The van der Waals surface area contributed by atoms with Crippen LogP contribution in [0.25, 0.3) is 0 Å². The minimum Gasteiger partial charge on any atom is -0.326 e. The minimum absolute atomic E-state index is 0.0522. The zero-order valence-electron chi connectivity index (χ0n) is 18.9. The molecule has 0 unspecified atom stereocenters. The Hall–Kier alpha value is -2.29. The average molecular weight is 474 g/mol. The van der Waals surface area contributed by atoms with E-state index in [4.69, 9.17) is 0 Å². The van der Waals surface area contributed by atoms with Crippen molar-refractivity contribution in [1.82, 2.24) is 9.21 Å². The van der Waals surface area contributed by atoms with Gasteiger partial charge in [-0.15, -0.1) is 0 Å². The van der Waals surface area contributed by atoms with Gasteiger partial charge in [-0.1, -0.05) is 31.0 Å². The van der Waals surface area contributed by atoms with Gasteiger partial charge in [0.25, 0.3) is 0 Å².